The molecule has 0 atom stereocenters. The van der Waals surface area contributed by atoms with Gasteiger partial charge in [0.2, 0.25) is 0 Å². The summed E-state index contributed by atoms with van der Waals surface area (Å²) < 4.78 is 11.0. The van der Waals surface area contributed by atoms with Gasteiger partial charge in [-0.25, -0.2) is 9.97 Å². The van der Waals surface area contributed by atoms with Gasteiger partial charge in [-0.15, -0.1) is 0 Å². The van der Waals surface area contributed by atoms with Gasteiger partial charge in [0.05, 0.1) is 12.4 Å². The Bertz CT molecular complexity index is 788. The molecule has 2 aliphatic rings. The highest BCUT2D eigenvalue weighted by Crippen LogP contribution is 2.32. The van der Waals surface area contributed by atoms with Gasteiger partial charge in [-0.2, -0.15) is 0 Å². The van der Waals surface area contributed by atoms with Gasteiger partial charge in [0.1, 0.15) is 24.7 Å². The number of amides is 1. The Morgan fingerprint density at radius 1 is 1.04 bits per heavy atom. The lowest BCUT2D eigenvalue weighted by atomic mass is 10.2. The largest absolute Gasteiger partial charge is 0.486 e. The summed E-state index contributed by atoms with van der Waals surface area (Å²) in [4.78, 5) is 25.5. The SMILES string of the molecule is CN1CCN(c2cnc(C(=O)Nc3ccc4c(c3)OCCO4)cn2)CC1. The number of rotatable bonds is 3. The molecule has 1 aromatic carbocycles. The van der Waals surface area contributed by atoms with Crippen LogP contribution in [0.5, 0.6) is 11.5 Å². The van der Waals surface area contributed by atoms with E-state index in [0.29, 0.717) is 30.4 Å². The highest BCUT2D eigenvalue weighted by atomic mass is 16.6. The number of hydrogen-bond donors (Lipinski definition) is 1. The first-order chi connectivity index (χ1) is 12.7. The molecule has 1 N–H and O–H groups in total. The lowest BCUT2D eigenvalue weighted by molar-refractivity contribution is 0.102. The maximum absolute atomic E-state index is 12.4. The molecular weight excluding hydrogens is 334 g/mol. The third kappa shape index (κ3) is 3.55. The van der Waals surface area contributed by atoms with Crippen molar-refractivity contribution >= 4 is 17.4 Å². The fourth-order valence-electron chi connectivity index (χ4n) is 2.95. The van der Waals surface area contributed by atoms with Gasteiger partial charge in [0.15, 0.2) is 11.5 Å². The molecule has 0 spiro atoms. The van der Waals surface area contributed by atoms with Gasteiger partial charge in [-0.3, -0.25) is 4.79 Å². The number of fused-ring (bicyclic) bond motifs is 1. The van der Waals surface area contributed by atoms with Gasteiger partial charge in [0, 0.05) is 37.9 Å². The van der Waals surface area contributed by atoms with Crippen LogP contribution in [0.1, 0.15) is 10.5 Å². The molecule has 0 radical (unpaired) electrons. The summed E-state index contributed by atoms with van der Waals surface area (Å²) in [6, 6.07) is 5.31. The highest BCUT2D eigenvalue weighted by Gasteiger charge is 2.17. The maximum atomic E-state index is 12.4. The number of piperazine rings is 1. The van der Waals surface area contributed by atoms with Crippen LogP contribution in [-0.4, -0.2) is 67.2 Å². The maximum Gasteiger partial charge on any atom is 0.275 e. The van der Waals surface area contributed by atoms with Crippen molar-refractivity contribution in [2.24, 2.45) is 0 Å². The van der Waals surface area contributed by atoms with Crippen molar-refractivity contribution < 1.29 is 14.3 Å². The summed E-state index contributed by atoms with van der Waals surface area (Å²) in [6.07, 6.45) is 3.17. The molecule has 0 unspecified atom stereocenters. The van der Waals surface area contributed by atoms with Crippen LogP contribution < -0.4 is 19.7 Å². The third-order valence-electron chi connectivity index (χ3n) is 4.50. The van der Waals surface area contributed by atoms with Crippen LogP contribution in [0.15, 0.2) is 30.6 Å². The molecule has 4 rings (SSSR count). The Kier molecular flexibility index (Phi) is 4.57. The number of carbonyl (C=O) groups excluding carboxylic acids is 1. The number of benzene rings is 1. The smallest absolute Gasteiger partial charge is 0.275 e. The molecule has 136 valence electrons. The van der Waals surface area contributed by atoms with E-state index in [1.54, 1.807) is 24.4 Å². The molecule has 1 fully saturated rings. The first kappa shape index (κ1) is 16.6. The molecule has 0 bridgehead atoms. The average Bonchev–Trinajstić information content (AvgIpc) is 2.68. The Morgan fingerprint density at radius 3 is 2.54 bits per heavy atom. The van der Waals surface area contributed by atoms with Crippen LogP contribution in [0.25, 0.3) is 0 Å². The van der Waals surface area contributed by atoms with Crippen molar-refractivity contribution in [1.29, 1.82) is 0 Å². The number of likely N-dealkylation sites (N-methyl/N-ethyl adjacent to an activating group) is 1. The molecule has 2 aliphatic heterocycles. The zero-order valence-corrected chi connectivity index (χ0v) is 14.6. The lowest BCUT2D eigenvalue weighted by Crippen LogP contribution is -2.44. The molecule has 2 aromatic rings. The van der Waals surface area contributed by atoms with E-state index in [-0.39, 0.29) is 11.6 Å². The number of ether oxygens (including phenoxy) is 2. The summed E-state index contributed by atoms with van der Waals surface area (Å²) in [5, 5.41) is 2.82. The van der Waals surface area contributed by atoms with Gasteiger partial charge in [0.25, 0.3) is 5.91 Å². The number of carbonyl (C=O) groups is 1. The summed E-state index contributed by atoms with van der Waals surface area (Å²) in [6.45, 7) is 4.85. The van der Waals surface area contributed by atoms with Crippen LogP contribution in [0.2, 0.25) is 0 Å². The van der Waals surface area contributed by atoms with Gasteiger partial charge < -0.3 is 24.6 Å². The van der Waals surface area contributed by atoms with Crippen molar-refractivity contribution in [3.05, 3.63) is 36.3 Å². The van der Waals surface area contributed by atoms with E-state index in [0.717, 1.165) is 32.0 Å². The number of nitrogens with zero attached hydrogens (tertiary/aromatic N) is 4. The minimum absolute atomic E-state index is 0.276. The summed E-state index contributed by atoms with van der Waals surface area (Å²) in [5.41, 5.74) is 0.905. The Hall–Kier alpha value is -2.87. The van der Waals surface area contributed by atoms with Crippen molar-refractivity contribution in [2.75, 3.05) is 56.7 Å². The molecule has 1 aromatic heterocycles. The topological polar surface area (TPSA) is 79.8 Å². The molecule has 26 heavy (non-hydrogen) atoms. The Labute approximate surface area is 151 Å². The Morgan fingerprint density at radius 2 is 1.81 bits per heavy atom. The van der Waals surface area contributed by atoms with Crippen molar-refractivity contribution in [2.45, 2.75) is 0 Å². The van der Waals surface area contributed by atoms with Crippen LogP contribution in [0, 0.1) is 0 Å². The van der Waals surface area contributed by atoms with Gasteiger partial charge >= 0.3 is 0 Å². The molecule has 1 saturated heterocycles. The predicted molar refractivity (Wildman–Crippen MR) is 97.1 cm³/mol. The molecule has 8 nitrogen and oxygen atoms in total. The fourth-order valence-corrected chi connectivity index (χ4v) is 2.95. The van der Waals surface area contributed by atoms with E-state index in [9.17, 15) is 4.79 Å². The molecule has 1 amide bonds. The fraction of sp³-hybridized carbons (Fsp3) is 0.389. The predicted octanol–water partition coefficient (Wildman–Crippen LogP) is 1.25. The van der Waals surface area contributed by atoms with Crippen LogP contribution in [0.4, 0.5) is 11.5 Å². The van der Waals surface area contributed by atoms with E-state index < -0.39 is 0 Å². The highest BCUT2D eigenvalue weighted by molar-refractivity contribution is 6.02. The van der Waals surface area contributed by atoms with E-state index in [2.05, 4.69) is 32.1 Å². The van der Waals surface area contributed by atoms with Gasteiger partial charge in [-0.05, 0) is 19.2 Å². The van der Waals surface area contributed by atoms with Crippen LogP contribution >= 0.6 is 0 Å². The van der Waals surface area contributed by atoms with Crippen LogP contribution in [0.3, 0.4) is 0 Å². The minimum Gasteiger partial charge on any atom is -0.486 e. The minimum atomic E-state index is -0.306. The monoisotopic (exact) mass is 355 g/mol. The summed E-state index contributed by atoms with van der Waals surface area (Å²) in [5.74, 6) is 1.81. The van der Waals surface area contributed by atoms with Crippen LogP contribution in [-0.2, 0) is 0 Å². The molecule has 3 heterocycles. The van der Waals surface area contributed by atoms with Crippen molar-refractivity contribution in [3.8, 4) is 11.5 Å². The second kappa shape index (κ2) is 7.17. The first-order valence-electron chi connectivity index (χ1n) is 8.65. The standard InChI is InChI=1S/C18H21N5O3/c1-22-4-6-23(7-5-22)17-12-19-14(11-20-17)18(24)21-13-2-3-15-16(10-13)26-9-8-25-15/h2-3,10-12H,4-9H2,1H3,(H,21,24). The van der Waals surface area contributed by atoms with E-state index in [4.69, 9.17) is 9.47 Å². The normalized spacial score (nSPS) is 17.0. The zero-order chi connectivity index (χ0) is 17.9. The number of hydrogen-bond acceptors (Lipinski definition) is 7. The average molecular weight is 355 g/mol. The number of aromatic nitrogens is 2. The Balaban J connectivity index is 1.42. The van der Waals surface area contributed by atoms with E-state index in [1.165, 1.54) is 6.20 Å². The number of nitrogens with one attached hydrogen (secondary N) is 1. The summed E-state index contributed by atoms with van der Waals surface area (Å²) >= 11 is 0. The second-order valence-electron chi connectivity index (χ2n) is 6.36. The lowest BCUT2D eigenvalue weighted by Gasteiger charge is -2.32. The zero-order valence-electron chi connectivity index (χ0n) is 14.6. The quantitative estimate of drug-likeness (QED) is 0.888. The third-order valence-corrected chi connectivity index (χ3v) is 4.50. The molecule has 0 aliphatic carbocycles. The summed E-state index contributed by atoms with van der Waals surface area (Å²) in [7, 11) is 2.11. The first-order valence-corrected chi connectivity index (χ1v) is 8.65. The molecule has 8 heteroatoms. The van der Waals surface area contributed by atoms with Crippen molar-refractivity contribution in [1.82, 2.24) is 14.9 Å². The molecular formula is C18H21N5O3. The van der Waals surface area contributed by atoms with Crippen molar-refractivity contribution in [3.63, 3.8) is 0 Å². The molecule has 0 saturated carbocycles. The number of anilines is 2. The second-order valence-corrected chi connectivity index (χ2v) is 6.36. The van der Waals surface area contributed by atoms with E-state index in [1.807, 2.05) is 0 Å². The van der Waals surface area contributed by atoms with Gasteiger partial charge in [-0.1, -0.05) is 0 Å². The van der Waals surface area contributed by atoms with E-state index >= 15 is 0 Å².